The number of hydrogen-bond acceptors (Lipinski definition) is 17. The van der Waals surface area contributed by atoms with Gasteiger partial charge in [0.2, 0.25) is 26.0 Å². The predicted molar refractivity (Wildman–Crippen MR) is 236 cm³/mol. The maximum atomic E-state index is 16.4. The lowest BCUT2D eigenvalue weighted by atomic mass is 10.1. The number of hydrogen-bond donors (Lipinski definition) is 5. The van der Waals surface area contributed by atoms with Gasteiger partial charge in [-0.25, -0.2) is 19.3 Å². The van der Waals surface area contributed by atoms with E-state index in [4.69, 9.17) is 32.0 Å². The summed E-state index contributed by atoms with van der Waals surface area (Å²) in [6, 6.07) is 1.96. The van der Waals surface area contributed by atoms with Gasteiger partial charge in [0.1, 0.15) is 30.5 Å². The van der Waals surface area contributed by atoms with Crippen LogP contribution in [0, 0.1) is 17.2 Å². The van der Waals surface area contributed by atoms with Crippen molar-refractivity contribution in [2.75, 3.05) is 25.1 Å². The number of carbonyl (C=O) groups is 1. The van der Waals surface area contributed by atoms with Gasteiger partial charge in [-0.2, -0.15) is 10.2 Å². The van der Waals surface area contributed by atoms with Crippen molar-refractivity contribution in [3.05, 3.63) is 45.8 Å². The van der Waals surface area contributed by atoms with Gasteiger partial charge in [0.05, 0.1) is 45.0 Å². The lowest BCUT2D eigenvalue weighted by molar-refractivity contribution is -0.118. The molecule has 2 saturated heterocycles. The zero-order chi connectivity index (χ0) is 47.8. The SMILES string of the molecule is CC(C)C(=O)Nc1nc2c(ncn2[C@@H]2O[C@H](CO)[C@@H](F)[C@H]2OP(OCCC#N)OC[C@H]2O[C@@H](n3cnc4c(=O)[nH]c5nccn5c43)[C@H](O[Si](C(C)C)(C(C)C)C(C)C)[C@@H]2O[PH](=O)O)c(=O)[nH]1. The number of nitriles is 1. The Morgan fingerprint density at radius 1 is 0.970 bits per heavy atom. The fourth-order valence-electron chi connectivity index (χ4n) is 8.87. The normalized spacial score (nSPS) is 24.8. The van der Waals surface area contributed by atoms with Crippen molar-refractivity contribution in [3.8, 4) is 6.07 Å². The first-order valence-corrected chi connectivity index (χ1v) is 25.8. The Labute approximate surface area is 379 Å². The molecule has 0 spiro atoms. The maximum absolute atomic E-state index is 16.4. The molecule has 24 nitrogen and oxygen atoms in total. The van der Waals surface area contributed by atoms with Crippen molar-refractivity contribution in [1.82, 2.24) is 43.4 Å². The average molecular weight is 982 g/mol. The molecule has 0 bridgehead atoms. The van der Waals surface area contributed by atoms with Crippen LogP contribution < -0.4 is 16.4 Å². The highest BCUT2D eigenvalue weighted by Gasteiger charge is 2.56. The van der Waals surface area contributed by atoms with E-state index in [9.17, 15) is 34.2 Å². The number of aromatic nitrogens is 9. The van der Waals surface area contributed by atoms with Gasteiger partial charge in [-0.15, -0.1) is 0 Å². The van der Waals surface area contributed by atoms with Gasteiger partial charge in [-0.3, -0.25) is 47.8 Å². The number of halogens is 1. The Morgan fingerprint density at radius 3 is 2.27 bits per heavy atom. The number of fused-ring (bicyclic) bond motifs is 4. The molecular formula is C38H54FN11O13P2Si. The third kappa shape index (κ3) is 9.54. The molecule has 28 heteroatoms. The summed E-state index contributed by atoms with van der Waals surface area (Å²) in [5, 5.41) is 22.0. The van der Waals surface area contributed by atoms with E-state index in [0.717, 1.165) is 0 Å². The number of nitrogens with zero attached hydrogens (tertiary/aromatic N) is 8. The standard InChI is InChI=1S/C38H54FN11O13P2Si/c1-18(2)31(52)45-37-44-30-25(32(53)46-37)42-16-49(30)35-28(24(39)22(14-51)59-35)62-65(57-13-9-10-40)58-15-23-27(61-64(55)56)29(63-66(19(3)4,20(5)6)21(7)8)36(60-23)50-17-43-26-33(54)47-38-41-11-12-48(38)34(26)50/h11-12,16-24,27-29,35-36,51,64H,9,13-15H2,1-8H3,(H,55,56)(H,41,47,54)(H2,44,45,46,52,53)/t22-,23-,24-,27-,28-,29-,35-,36-,65?/m1/s1. The van der Waals surface area contributed by atoms with Crippen molar-refractivity contribution in [1.29, 1.82) is 5.26 Å². The lowest BCUT2D eigenvalue weighted by Crippen LogP contribution is -2.53. The molecule has 10 atom stereocenters. The molecule has 1 amide bonds. The molecule has 5 aromatic rings. The maximum Gasteiger partial charge on any atom is 0.333 e. The van der Waals surface area contributed by atoms with Crippen molar-refractivity contribution >= 4 is 65.1 Å². The van der Waals surface area contributed by atoms with Gasteiger partial charge in [0, 0.05) is 18.3 Å². The molecule has 2 fully saturated rings. The Hall–Kier alpha value is -4.35. The second-order valence-electron chi connectivity index (χ2n) is 17.1. The summed E-state index contributed by atoms with van der Waals surface area (Å²) in [4.78, 5) is 71.4. The molecule has 7 heterocycles. The molecule has 0 radical (unpaired) electrons. The van der Waals surface area contributed by atoms with Crippen LogP contribution >= 0.6 is 16.9 Å². The third-order valence-electron chi connectivity index (χ3n) is 11.8. The minimum atomic E-state index is -3.71. The van der Waals surface area contributed by atoms with Crippen LogP contribution in [0.15, 0.2) is 34.6 Å². The third-order valence-corrected chi connectivity index (χ3v) is 19.5. The number of amides is 1. The van der Waals surface area contributed by atoms with Gasteiger partial charge in [-0.05, 0) is 16.6 Å². The average Bonchev–Trinajstić information content (AvgIpc) is 4.09. The number of rotatable bonds is 20. The number of aliphatic hydroxyl groups is 1. The van der Waals surface area contributed by atoms with Crippen LogP contribution in [0.1, 0.15) is 74.3 Å². The van der Waals surface area contributed by atoms with E-state index in [-0.39, 0.29) is 63.7 Å². The minimum absolute atomic E-state index is 0.0299. The van der Waals surface area contributed by atoms with E-state index in [0.29, 0.717) is 0 Å². The number of H-pyrrole nitrogens is 2. The smallest absolute Gasteiger partial charge is 0.333 e. The summed E-state index contributed by atoms with van der Waals surface area (Å²) < 4.78 is 77.6. The Kier molecular flexibility index (Phi) is 15.4. The van der Waals surface area contributed by atoms with Gasteiger partial charge in [-0.1, -0.05) is 55.4 Å². The van der Waals surface area contributed by atoms with Crippen LogP contribution in [-0.4, -0.2) is 124 Å². The van der Waals surface area contributed by atoms with Gasteiger partial charge in [0.25, 0.3) is 11.1 Å². The Balaban J connectivity index is 1.25. The number of anilines is 1. The van der Waals surface area contributed by atoms with Crippen LogP contribution in [0.3, 0.4) is 0 Å². The number of carbonyl (C=O) groups excluding carboxylic acids is 1. The molecular weight excluding hydrogens is 928 g/mol. The zero-order valence-electron chi connectivity index (χ0n) is 37.4. The second kappa shape index (κ2) is 20.5. The van der Waals surface area contributed by atoms with Crippen molar-refractivity contribution in [3.63, 3.8) is 0 Å². The highest BCUT2D eigenvalue weighted by atomic mass is 31.2. The molecule has 360 valence electrons. The molecule has 5 aromatic heterocycles. The first kappa shape index (κ1) is 49.5. The molecule has 7 rings (SSSR count). The Morgan fingerprint density at radius 2 is 1.62 bits per heavy atom. The van der Waals surface area contributed by atoms with Crippen LogP contribution in [-0.2, 0) is 41.4 Å². The second-order valence-corrected chi connectivity index (χ2v) is 24.5. The molecule has 0 aromatic carbocycles. The monoisotopic (exact) mass is 981 g/mol. The highest BCUT2D eigenvalue weighted by Crippen LogP contribution is 2.51. The van der Waals surface area contributed by atoms with E-state index in [1.807, 2.05) is 6.07 Å². The van der Waals surface area contributed by atoms with E-state index in [1.165, 1.54) is 23.4 Å². The molecule has 0 saturated carbocycles. The van der Waals surface area contributed by atoms with Crippen LogP contribution in [0.2, 0.25) is 16.6 Å². The minimum Gasteiger partial charge on any atom is -0.406 e. The summed E-state index contributed by atoms with van der Waals surface area (Å²) in [7, 11) is -9.24. The molecule has 66 heavy (non-hydrogen) atoms. The summed E-state index contributed by atoms with van der Waals surface area (Å²) >= 11 is 0. The summed E-state index contributed by atoms with van der Waals surface area (Å²) in [6.45, 7) is 14.2. The number of aromatic amines is 2. The largest absolute Gasteiger partial charge is 0.406 e. The number of alkyl halides is 1. The number of nitrogens with one attached hydrogen (secondary N) is 3. The van der Waals surface area contributed by atoms with Crippen LogP contribution in [0.25, 0.3) is 28.1 Å². The van der Waals surface area contributed by atoms with Crippen LogP contribution in [0.4, 0.5) is 10.3 Å². The Bertz CT molecular complexity index is 2680. The molecule has 2 aliphatic rings. The summed E-state index contributed by atoms with van der Waals surface area (Å²) in [5.41, 5.74) is -1.09. The first-order valence-electron chi connectivity index (χ1n) is 21.3. The summed E-state index contributed by atoms with van der Waals surface area (Å²) in [5.74, 6) is -0.886. The van der Waals surface area contributed by atoms with E-state index in [1.54, 1.807) is 29.0 Å². The van der Waals surface area contributed by atoms with E-state index < -0.39 is 110 Å². The fraction of sp³-hybridized carbons (Fsp3) is 0.632. The van der Waals surface area contributed by atoms with Crippen molar-refractivity contribution in [2.24, 2.45) is 5.92 Å². The molecule has 0 aliphatic carbocycles. The van der Waals surface area contributed by atoms with Gasteiger partial charge < -0.3 is 42.0 Å². The van der Waals surface area contributed by atoms with Crippen molar-refractivity contribution < 1.29 is 55.7 Å². The highest BCUT2D eigenvalue weighted by molar-refractivity contribution is 7.41. The topological polar surface area (TPSA) is 307 Å². The number of imidazole rings is 3. The van der Waals surface area contributed by atoms with Crippen LogP contribution in [0.5, 0.6) is 0 Å². The first-order chi connectivity index (χ1) is 31.4. The fourth-order valence-corrected chi connectivity index (χ4v) is 16.1. The lowest BCUT2D eigenvalue weighted by Gasteiger charge is -2.45. The van der Waals surface area contributed by atoms with Gasteiger partial charge in [0.15, 0.2) is 41.0 Å². The molecule has 2 unspecified atom stereocenters. The summed E-state index contributed by atoms with van der Waals surface area (Å²) in [6.07, 6.45) is -5.77. The zero-order valence-corrected chi connectivity index (χ0v) is 40.2. The quantitative estimate of drug-likeness (QED) is 0.0416. The van der Waals surface area contributed by atoms with E-state index in [2.05, 4.69) is 76.8 Å². The predicted octanol–water partition coefficient (Wildman–Crippen LogP) is 4.11. The van der Waals surface area contributed by atoms with Crippen molar-refractivity contribution in [2.45, 2.75) is 128 Å². The van der Waals surface area contributed by atoms with Gasteiger partial charge >= 0.3 is 16.9 Å². The molecule has 2 aliphatic heterocycles. The number of aliphatic hydroxyl groups excluding tert-OH is 1. The van der Waals surface area contributed by atoms with E-state index >= 15 is 4.39 Å². The number of ether oxygens (including phenoxy) is 2. The molecule has 5 N–H and O–H groups in total.